The first-order valence-electron chi connectivity index (χ1n) is 7.07. The van der Waals surface area contributed by atoms with Gasteiger partial charge in [-0.15, -0.1) is 0 Å². The van der Waals surface area contributed by atoms with Gasteiger partial charge in [0.15, 0.2) is 0 Å². The van der Waals surface area contributed by atoms with Gasteiger partial charge in [0.2, 0.25) is 0 Å². The third-order valence-corrected chi connectivity index (χ3v) is 5.74. The third-order valence-electron chi connectivity index (χ3n) is 3.21. The lowest BCUT2D eigenvalue weighted by Gasteiger charge is -2.15. The molecule has 2 aromatic carbocycles. The quantitative estimate of drug-likeness (QED) is 0.626. The monoisotopic (exact) mass is 383 g/mol. The van der Waals surface area contributed by atoms with Gasteiger partial charge in [-0.25, -0.2) is 0 Å². The summed E-state index contributed by atoms with van der Waals surface area (Å²) < 4.78 is 1.09. The molecule has 0 bridgehead atoms. The third kappa shape index (κ3) is 4.75. The second-order valence-corrected chi connectivity index (χ2v) is 7.24. The van der Waals surface area contributed by atoms with Crippen molar-refractivity contribution in [2.24, 2.45) is 0 Å². The Morgan fingerprint density at radius 2 is 1.95 bits per heavy atom. The Morgan fingerprint density at radius 3 is 2.62 bits per heavy atom. The van der Waals surface area contributed by atoms with Crippen LogP contribution in [0.4, 0.5) is 0 Å². The van der Waals surface area contributed by atoms with E-state index in [9.17, 15) is 0 Å². The molecule has 0 aliphatic carbocycles. The van der Waals surface area contributed by atoms with Gasteiger partial charge in [0.1, 0.15) is 0 Å². The standard InChI is InChI=1S/C17H19BrClNS/c1-3-10-20-12(2)13-8-9-17(15(19)11-13)21-16-7-5-4-6-14(16)18/h4-9,11-12,20H,3,10H2,1-2H3. The molecular weight excluding hydrogens is 366 g/mol. The topological polar surface area (TPSA) is 12.0 Å². The minimum absolute atomic E-state index is 0.324. The normalized spacial score (nSPS) is 12.4. The summed E-state index contributed by atoms with van der Waals surface area (Å²) in [6.07, 6.45) is 1.13. The average molecular weight is 385 g/mol. The minimum Gasteiger partial charge on any atom is -0.310 e. The molecule has 0 spiro atoms. The highest BCUT2D eigenvalue weighted by Crippen LogP contribution is 2.37. The van der Waals surface area contributed by atoms with Crippen molar-refractivity contribution >= 4 is 39.3 Å². The SMILES string of the molecule is CCCNC(C)c1ccc(Sc2ccccc2Br)c(Cl)c1. The number of rotatable bonds is 6. The fourth-order valence-electron chi connectivity index (χ4n) is 1.99. The van der Waals surface area contributed by atoms with E-state index >= 15 is 0 Å². The van der Waals surface area contributed by atoms with E-state index in [4.69, 9.17) is 11.6 Å². The predicted molar refractivity (Wildman–Crippen MR) is 96.4 cm³/mol. The molecule has 1 N–H and O–H groups in total. The molecule has 0 aliphatic rings. The molecule has 0 saturated heterocycles. The van der Waals surface area contributed by atoms with Crippen molar-refractivity contribution in [1.82, 2.24) is 5.32 Å². The minimum atomic E-state index is 0.324. The van der Waals surface area contributed by atoms with E-state index < -0.39 is 0 Å². The smallest absolute Gasteiger partial charge is 0.0548 e. The van der Waals surface area contributed by atoms with Crippen LogP contribution in [-0.4, -0.2) is 6.54 Å². The molecule has 0 heterocycles. The Kier molecular flexibility index (Phi) is 6.62. The van der Waals surface area contributed by atoms with E-state index in [0.717, 1.165) is 27.4 Å². The van der Waals surface area contributed by atoms with Crippen LogP contribution < -0.4 is 5.32 Å². The van der Waals surface area contributed by atoms with Crippen molar-refractivity contribution < 1.29 is 0 Å². The molecule has 2 aromatic rings. The maximum absolute atomic E-state index is 6.45. The van der Waals surface area contributed by atoms with E-state index in [1.807, 2.05) is 18.2 Å². The van der Waals surface area contributed by atoms with Crippen LogP contribution in [0.1, 0.15) is 31.9 Å². The van der Waals surface area contributed by atoms with Crippen molar-refractivity contribution in [2.45, 2.75) is 36.1 Å². The fraction of sp³-hybridized carbons (Fsp3) is 0.294. The number of halogens is 2. The molecule has 112 valence electrons. The Hall–Kier alpha value is -0.480. The van der Waals surface area contributed by atoms with Gasteiger partial charge in [-0.3, -0.25) is 0 Å². The van der Waals surface area contributed by atoms with Gasteiger partial charge in [0.25, 0.3) is 0 Å². The fourth-order valence-corrected chi connectivity index (χ4v) is 3.67. The zero-order chi connectivity index (χ0) is 15.2. The molecule has 1 unspecified atom stereocenters. The molecule has 0 radical (unpaired) electrons. The maximum Gasteiger partial charge on any atom is 0.0548 e. The van der Waals surface area contributed by atoms with Crippen LogP contribution in [0.5, 0.6) is 0 Å². The van der Waals surface area contributed by atoms with Crippen molar-refractivity contribution in [3.8, 4) is 0 Å². The van der Waals surface area contributed by atoms with E-state index in [-0.39, 0.29) is 0 Å². The summed E-state index contributed by atoms with van der Waals surface area (Å²) in [7, 11) is 0. The second kappa shape index (κ2) is 8.23. The number of hydrogen-bond donors (Lipinski definition) is 1. The molecule has 1 nitrogen and oxygen atoms in total. The van der Waals surface area contributed by atoms with Gasteiger partial charge in [-0.05, 0) is 65.6 Å². The van der Waals surface area contributed by atoms with Crippen LogP contribution in [0.2, 0.25) is 5.02 Å². The first kappa shape index (κ1) is 16.9. The van der Waals surface area contributed by atoms with Gasteiger partial charge in [0, 0.05) is 20.3 Å². The molecule has 0 aliphatic heterocycles. The number of hydrogen-bond acceptors (Lipinski definition) is 2. The molecule has 0 fully saturated rings. The lowest BCUT2D eigenvalue weighted by molar-refractivity contribution is 0.570. The van der Waals surface area contributed by atoms with Crippen molar-refractivity contribution in [3.05, 3.63) is 57.5 Å². The summed E-state index contributed by atoms with van der Waals surface area (Å²) in [5, 5.41) is 4.29. The lowest BCUT2D eigenvalue weighted by atomic mass is 10.1. The summed E-state index contributed by atoms with van der Waals surface area (Å²) in [4.78, 5) is 2.25. The van der Waals surface area contributed by atoms with E-state index in [1.54, 1.807) is 11.8 Å². The molecule has 0 aromatic heterocycles. The van der Waals surface area contributed by atoms with Gasteiger partial charge < -0.3 is 5.32 Å². The number of nitrogens with one attached hydrogen (secondary N) is 1. The van der Waals surface area contributed by atoms with Crippen LogP contribution in [0, 0.1) is 0 Å². The van der Waals surface area contributed by atoms with Crippen molar-refractivity contribution in [3.63, 3.8) is 0 Å². The summed E-state index contributed by atoms with van der Waals surface area (Å²) >= 11 is 11.7. The molecule has 2 rings (SSSR count). The molecule has 4 heteroatoms. The second-order valence-electron chi connectivity index (χ2n) is 4.90. The highest BCUT2D eigenvalue weighted by Gasteiger charge is 2.09. The van der Waals surface area contributed by atoms with Crippen molar-refractivity contribution in [2.75, 3.05) is 6.54 Å². The molecule has 0 saturated carbocycles. The summed E-state index contributed by atoms with van der Waals surface area (Å²) in [6, 6.07) is 14.8. The molecule has 1 atom stereocenters. The Morgan fingerprint density at radius 1 is 1.19 bits per heavy atom. The van der Waals surface area contributed by atoms with Gasteiger partial charge in [0.05, 0.1) is 5.02 Å². The zero-order valence-electron chi connectivity index (χ0n) is 12.2. The maximum atomic E-state index is 6.45. The predicted octanol–water partition coefficient (Wildman–Crippen LogP) is 6.31. The van der Waals surface area contributed by atoms with Crippen LogP contribution in [0.15, 0.2) is 56.7 Å². The largest absolute Gasteiger partial charge is 0.310 e. The molecule has 21 heavy (non-hydrogen) atoms. The Labute approximate surface area is 144 Å². The number of benzene rings is 2. The highest BCUT2D eigenvalue weighted by atomic mass is 79.9. The van der Waals surface area contributed by atoms with Crippen LogP contribution in [0.3, 0.4) is 0 Å². The highest BCUT2D eigenvalue weighted by molar-refractivity contribution is 9.10. The van der Waals surface area contributed by atoms with E-state index in [1.165, 1.54) is 10.5 Å². The first-order chi connectivity index (χ1) is 10.1. The van der Waals surface area contributed by atoms with Gasteiger partial charge >= 0.3 is 0 Å². The van der Waals surface area contributed by atoms with E-state index in [0.29, 0.717) is 6.04 Å². The Bertz CT molecular complexity index is 603. The zero-order valence-corrected chi connectivity index (χ0v) is 15.4. The van der Waals surface area contributed by atoms with Gasteiger partial charge in [-0.2, -0.15) is 0 Å². The lowest BCUT2D eigenvalue weighted by Crippen LogP contribution is -2.19. The van der Waals surface area contributed by atoms with E-state index in [2.05, 4.69) is 59.4 Å². The average Bonchev–Trinajstić information content (AvgIpc) is 2.49. The van der Waals surface area contributed by atoms with Crippen LogP contribution in [0.25, 0.3) is 0 Å². The van der Waals surface area contributed by atoms with Crippen LogP contribution >= 0.6 is 39.3 Å². The molecular formula is C17H19BrClNS. The van der Waals surface area contributed by atoms with Gasteiger partial charge in [-0.1, -0.05) is 48.5 Å². The molecule has 0 amide bonds. The summed E-state index contributed by atoms with van der Waals surface area (Å²) in [6.45, 7) is 5.36. The van der Waals surface area contributed by atoms with Crippen LogP contribution in [-0.2, 0) is 0 Å². The van der Waals surface area contributed by atoms with Crippen molar-refractivity contribution in [1.29, 1.82) is 0 Å². The Balaban J connectivity index is 2.14. The first-order valence-corrected chi connectivity index (χ1v) is 9.05. The summed E-state index contributed by atoms with van der Waals surface area (Å²) in [5.74, 6) is 0. The summed E-state index contributed by atoms with van der Waals surface area (Å²) in [5.41, 5.74) is 1.23.